The molecular weight excluding hydrogens is 232 g/mol. The highest BCUT2D eigenvalue weighted by atomic mass is 16.5. The molecule has 0 unspecified atom stereocenters. The number of hydrogen-bond acceptors (Lipinski definition) is 7. The van der Waals surface area contributed by atoms with Crippen molar-refractivity contribution in [3.8, 4) is 0 Å². The van der Waals surface area contributed by atoms with Crippen LogP contribution >= 0.6 is 0 Å². The molecule has 1 aromatic heterocycles. The predicted octanol–water partition coefficient (Wildman–Crippen LogP) is -0.225. The first kappa shape index (κ1) is 12.8. The van der Waals surface area contributed by atoms with Crippen LogP contribution in [-0.4, -0.2) is 54.3 Å². The van der Waals surface area contributed by atoms with E-state index in [9.17, 15) is 0 Å². The highest BCUT2D eigenvalue weighted by Crippen LogP contribution is 2.09. The fraction of sp³-hybridized carbons (Fsp3) is 0.636. The van der Waals surface area contributed by atoms with Crippen LogP contribution in [-0.2, 0) is 4.74 Å². The van der Waals surface area contributed by atoms with Crippen molar-refractivity contribution in [2.75, 3.05) is 56.2 Å². The topological polar surface area (TPSA) is 102 Å². The quantitative estimate of drug-likeness (QED) is 0.622. The van der Waals surface area contributed by atoms with Crippen LogP contribution in [0.15, 0.2) is 6.07 Å². The number of nitrogens with zero attached hydrogens (tertiary/aromatic N) is 3. The molecule has 1 aromatic rings. The third-order valence-corrected chi connectivity index (χ3v) is 2.82. The minimum absolute atomic E-state index is 0.200. The molecule has 0 bridgehead atoms. The molecule has 18 heavy (non-hydrogen) atoms. The Morgan fingerprint density at radius 3 is 2.78 bits per heavy atom. The van der Waals surface area contributed by atoms with Gasteiger partial charge in [0, 0.05) is 25.7 Å². The van der Waals surface area contributed by atoms with Gasteiger partial charge in [-0.15, -0.1) is 0 Å². The zero-order valence-corrected chi connectivity index (χ0v) is 10.4. The van der Waals surface area contributed by atoms with E-state index >= 15 is 0 Å². The van der Waals surface area contributed by atoms with E-state index in [1.54, 1.807) is 6.07 Å². The van der Waals surface area contributed by atoms with Crippen LogP contribution in [0.5, 0.6) is 0 Å². The summed E-state index contributed by atoms with van der Waals surface area (Å²) >= 11 is 0. The van der Waals surface area contributed by atoms with Crippen molar-refractivity contribution in [3.05, 3.63) is 6.07 Å². The summed E-state index contributed by atoms with van der Waals surface area (Å²) in [6.07, 6.45) is 1.05. The lowest BCUT2D eigenvalue weighted by Crippen LogP contribution is -2.37. The van der Waals surface area contributed by atoms with Gasteiger partial charge in [-0.25, -0.2) is 0 Å². The largest absolute Gasteiger partial charge is 0.383 e. The summed E-state index contributed by atoms with van der Waals surface area (Å²) < 4.78 is 5.30. The van der Waals surface area contributed by atoms with Gasteiger partial charge in [0.15, 0.2) is 0 Å². The minimum atomic E-state index is 0.200. The Morgan fingerprint density at radius 2 is 2.06 bits per heavy atom. The zero-order chi connectivity index (χ0) is 12.8. The molecule has 1 aliphatic heterocycles. The molecule has 1 fully saturated rings. The number of ether oxygens (including phenoxy) is 1. The third-order valence-electron chi connectivity index (χ3n) is 2.82. The second-order valence-electron chi connectivity index (χ2n) is 4.27. The standard InChI is InChI=1S/C11H20N6O/c12-9-8-10(16-11(13)15-9)14-2-1-3-17-4-6-18-7-5-17/h8H,1-7H2,(H5,12,13,14,15,16). The fourth-order valence-electron chi connectivity index (χ4n) is 1.92. The predicted molar refractivity (Wildman–Crippen MR) is 71.2 cm³/mol. The normalized spacial score (nSPS) is 16.7. The molecule has 2 heterocycles. The molecule has 2 rings (SSSR count). The monoisotopic (exact) mass is 252 g/mol. The van der Waals surface area contributed by atoms with Gasteiger partial charge < -0.3 is 21.5 Å². The van der Waals surface area contributed by atoms with E-state index in [-0.39, 0.29) is 5.95 Å². The van der Waals surface area contributed by atoms with E-state index in [1.165, 1.54) is 0 Å². The Labute approximate surface area is 107 Å². The number of anilines is 3. The Morgan fingerprint density at radius 1 is 1.28 bits per heavy atom. The molecule has 7 heteroatoms. The SMILES string of the molecule is Nc1cc(NCCCN2CCOCC2)nc(N)n1. The van der Waals surface area contributed by atoms with Crippen LogP contribution in [0.2, 0.25) is 0 Å². The molecular formula is C11H20N6O. The molecule has 0 amide bonds. The first-order chi connectivity index (χ1) is 8.74. The maximum absolute atomic E-state index is 5.59. The second kappa shape index (κ2) is 6.36. The lowest BCUT2D eigenvalue weighted by atomic mass is 10.3. The number of morpholine rings is 1. The summed E-state index contributed by atoms with van der Waals surface area (Å²) in [6, 6.07) is 1.69. The van der Waals surface area contributed by atoms with E-state index in [2.05, 4.69) is 20.2 Å². The summed E-state index contributed by atoms with van der Waals surface area (Å²) in [7, 11) is 0. The first-order valence-electron chi connectivity index (χ1n) is 6.18. The van der Waals surface area contributed by atoms with Gasteiger partial charge in [0.05, 0.1) is 13.2 Å². The third kappa shape index (κ3) is 4.01. The molecule has 1 aliphatic rings. The average Bonchev–Trinajstić information content (AvgIpc) is 2.35. The first-order valence-corrected chi connectivity index (χ1v) is 6.18. The van der Waals surface area contributed by atoms with Gasteiger partial charge in [0.1, 0.15) is 11.6 Å². The summed E-state index contributed by atoms with van der Waals surface area (Å²) in [5, 5.41) is 3.20. The van der Waals surface area contributed by atoms with Crippen molar-refractivity contribution in [2.45, 2.75) is 6.42 Å². The van der Waals surface area contributed by atoms with Crippen molar-refractivity contribution in [1.29, 1.82) is 0 Å². The van der Waals surface area contributed by atoms with Crippen molar-refractivity contribution < 1.29 is 4.74 Å². The van der Waals surface area contributed by atoms with Crippen molar-refractivity contribution in [1.82, 2.24) is 14.9 Å². The van der Waals surface area contributed by atoms with E-state index in [0.29, 0.717) is 11.6 Å². The Hall–Kier alpha value is -1.60. The highest BCUT2D eigenvalue weighted by molar-refractivity contribution is 5.48. The van der Waals surface area contributed by atoms with Crippen LogP contribution in [0.3, 0.4) is 0 Å². The Balaban J connectivity index is 1.68. The molecule has 100 valence electrons. The molecule has 0 radical (unpaired) electrons. The van der Waals surface area contributed by atoms with Gasteiger partial charge in [-0.2, -0.15) is 9.97 Å². The minimum Gasteiger partial charge on any atom is -0.383 e. The summed E-state index contributed by atoms with van der Waals surface area (Å²) in [6.45, 7) is 5.62. The zero-order valence-electron chi connectivity index (χ0n) is 10.4. The van der Waals surface area contributed by atoms with Gasteiger partial charge in [-0.1, -0.05) is 0 Å². The summed E-state index contributed by atoms with van der Waals surface area (Å²) in [5.74, 6) is 1.27. The second-order valence-corrected chi connectivity index (χ2v) is 4.27. The summed E-state index contributed by atoms with van der Waals surface area (Å²) in [4.78, 5) is 10.3. The van der Waals surface area contributed by atoms with Crippen LogP contribution in [0, 0.1) is 0 Å². The molecule has 1 saturated heterocycles. The molecule has 0 atom stereocenters. The van der Waals surface area contributed by atoms with Gasteiger partial charge in [0.25, 0.3) is 0 Å². The lowest BCUT2D eigenvalue weighted by Gasteiger charge is -2.26. The van der Waals surface area contributed by atoms with Crippen molar-refractivity contribution in [2.24, 2.45) is 0 Å². The van der Waals surface area contributed by atoms with Crippen LogP contribution in [0.25, 0.3) is 0 Å². The maximum atomic E-state index is 5.59. The molecule has 0 saturated carbocycles. The summed E-state index contributed by atoms with van der Waals surface area (Å²) in [5.41, 5.74) is 11.1. The number of nitrogens with two attached hydrogens (primary N) is 2. The van der Waals surface area contributed by atoms with E-state index in [4.69, 9.17) is 16.2 Å². The van der Waals surface area contributed by atoms with Crippen LogP contribution in [0.4, 0.5) is 17.6 Å². The smallest absolute Gasteiger partial charge is 0.223 e. The van der Waals surface area contributed by atoms with Gasteiger partial charge in [0.2, 0.25) is 5.95 Å². The Kier molecular flexibility index (Phi) is 4.54. The van der Waals surface area contributed by atoms with Crippen molar-refractivity contribution >= 4 is 17.6 Å². The number of rotatable bonds is 5. The fourth-order valence-corrected chi connectivity index (χ4v) is 1.92. The molecule has 5 N–H and O–H groups in total. The number of hydrogen-bond donors (Lipinski definition) is 3. The Bertz CT molecular complexity index is 360. The van der Waals surface area contributed by atoms with E-state index < -0.39 is 0 Å². The number of nitrogens with one attached hydrogen (secondary N) is 1. The van der Waals surface area contributed by atoms with Gasteiger partial charge in [-0.3, -0.25) is 4.90 Å². The van der Waals surface area contributed by atoms with Crippen LogP contribution in [0.1, 0.15) is 6.42 Å². The molecule has 7 nitrogen and oxygen atoms in total. The van der Waals surface area contributed by atoms with E-state index in [0.717, 1.165) is 45.8 Å². The lowest BCUT2D eigenvalue weighted by molar-refractivity contribution is 0.0378. The van der Waals surface area contributed by atoms with Gasteiger partial charge >= 0.3 is 0 Å². The number of nitrogen functional groups attached to an aromatic ring is 2. The van der Waals surface area contributed by atoms with E-state index in [1.807, 2.05) is 0 Å². The highest BCUT2D eigenvalue weighted by Gasteiger charge is 2.09. The molecule has 0 aliphatic carbocycles. The average molecular weight is 252 g/mol. The van der Waals surface area contributed by atoms with Crippen LogP contribution < -0.4 is 16.8 Å². The van der Waals surface area contributed by atoms with Gasteiger partial charge in [-0.05, 0) is 13.0 Å². The van der Waals surface area contributed by atoms with Crippen molar-refractivity contribution in [3.63, 3.8) is 0 Å². The molecule has 0 spiro atoms. The molecule has 0 aromatic carbocycles. The maximum Gasteiger partial charge on any atom is 0.223 e. The number of aromatic nitrogens is 2.